The number of aromatic amines is 1. The molecular formula is C19H24N4O2S. The molecule has 0 bridgehead atoms. The molecule has 26 heavy (non-hydrogen) atoms. The minimum Gasteiger partial charge on any atom is -0.349 e. The Labute approximate surface area is 157 Å². The highest BCUT2D eigenvalue weighted by atomic mass is 32.2. The Balaban J connectivity index is 1.59. The van der Waals surface area contributed by atoms with Crippen LogP contribution in [0.3, 0.4) is 0 Å². The summed E-state index contributed by atoms with van der Waals surface area (Å²) in [6, 6.07) is 1.92. The molecule has 0 unspecified atom stereocenters. The van der Waals surface area contributed by atoms with E-state index in [1.807, 2.05) is 26.8 Å². The lowest BCUT2D eigenvalue weighted by atomic mass is 9.94. The van der Waals surface area contributed by atoms with Crippen LogP contribution in [0.4, 0.5) is 0 Å². The zero-order valence-electron chi connectivity index (χ0n) is 15.3. The van der Waals surface area contributed by atoms with E-state index < -0.39 is 0 Å². The first-order valence-corrected chi connectivity index (χ1v) is 9.78. The quantitative estimate of drug-likeness (QED) is 0.806. The fourth-order valence-corrected chi connectivity index (χ4v) is 4.37. The second-order valence-electron chi connectivity index (χ2n) is 6.80. The van der Waals surface area contributed by atoms with Gasteiger partial charge in [0.15, 0.2) is 5.16 Å². The number of rotatable bonds is 4. The minimum atomic E-state index is -0.312. The van der Waals surface area contributed by atoms with Gasteiger partial charge in [0.1, 0.15) is 5.56 Å². The number of nitrogens with one attached hydrogen (secondary N) is 2. The molecular weight excluding hydrogens is 348 g/mol. The molecule has 3 rings (SSSR count). The number of aryl methyl sites for hydroxylation is 1. The third-order valence-electron chi connectivity index (χ3n) is 5.08. The minimum absolute atomic E-state index is 0.108. The van der Waals surface area contributed by atoms with E-state index in [1.54, 1.807) is 24.2 Å². The van der Waals surface area contributed by atoms with Crippen LogP contribution in [0.25, 0.3) is 0 Å². The van der Waals surface area contributed by atoms with Gasteiger partial charge in [0, 0.05) is 29.4 Å². The van der Waals surface area contributed by atoms with Gasteiger partial charge in [-0.2, -0.15) is 0 Å². The number of H-pyrrole nitrogens is 1. The maximum absolute atomic E-state index is 12.6. The number of nitrogens with zero attached hydrogens (tertiary/aromatic N) is 2. The average molecular weight is 372 g/mol. The molecule has 2 heterocycles. The van der Waals surface area contributed by atoms with Crippen LogP contribution in [-0.2, 0) is 0 Å². The van der Waals surface area contributed by atoms with Gasteiger partial charge in [-0.15, -0.1) is 0 Å². The zero-order valence-corrected chi connectivity index (χ0v) is 16.2. The van der Waals surface area contributed by atoms with Crippen LogP contribution in [0.2, 0.25) is 0 Å². The molecule has 6 nitrogen and oxygen atoms in total. The highest BCUT2D eigenvalue weighted by Gasteiger charge is 2.25. The van der Waals surface area contributed by atoms with E-state index in [9.17, 15) is 9.59 Å². The molecule has 1 fully saturated rings. The molecule has 0 aromatic carbocycles. The number of pyridine rings is 1. The second kappa shape index (κ2) is 8.03. The predicted octanol–water partition coefficient (Wildman–Crippen LogP) is 2.92. The third kappa shape index (κ3) is 4.15. The van der Waals surface area contributed by atoms with Gasteiger partial charge in [0.25, 0.3) is 11.5 Å². The number of carbonyl (C=O) groups excluding carboxylic acids is 1. The van der Waals surface area contributed by atoms with Gasteiger partial charge in [-0.3, -0.25) is 9.59 Å². The molecule has 2 N–H and O–H groups in total. The van der Waals surface area contributed by atoms with E-state index in [0.29, 0.717) is 5.25 Å². The highest BCUT2D eigenvalue weighted by Crippen LogP contribution is 2.31. The van der Waals surface area contributed by atoms with Gasteiger partial charge in [-0.1, -0.05) is 11.8 Å². The van der Waals surface area contributed by atoms with Crippen LogP contribution < -0.4 is 10.9 Å². The van der Waals surface area contributed by atoms with Crippen LogP contribution in [0.15, 0.2) is 28.4 Å². The topological polar surface area (TPSA) is 87.7 Å². The van der Waals surface area contributed by atoms with Crippen molar-refractivity contribution in [3.05, 3.63) is 51.2 Å². The van der Waals surface area contributed by atoms with Crippen LogP contribution in [0.5, 0.6) is 0 Å². The lowest BCUT2D eigenvalue weighted by molar-refractivity contribution is 0.0926. The smallest absolute Gasteiger partial charge is 0.261 e. The van der Waals surface area contributed by atoms with E-state index in [2.05, 4.69) is 20.3 Å². The third-order valence-corrected chi connectivity index (χ3v) is 6.31. The molecule has 1 aliphatic rings. The molecule has 0 radical (unpaired) electrons. The van der Waals surface area contributed by atoms with E-state index in [-0.39, 0.29) is 23.1 Å². The van der Waals surface area contributed by atoms with Crippen molar-refractivity contribution < 1.29 is 4.79 Å². The second-order valence-corrected chi connectivity index (χ2v) is 8.07. The molecule has 1 amide bonds. The first-order valence-electron chi connectivity index (χ1n) is 8.90. The molecule has 0 atom stereocenters. The summed E-state index contributed by atoms with van der Waals surface area (Å²) in [5, 5.41) is 4.32. The molecule has 7 heteroatoms. The average Bonchev–Trinajstić information content (AvgIpc) is 2.62. The lowest BCUT2D eigenvalue weighted by Gasteiger charge is -2.28. The molecule has 0 saturated heterocycles. The van der Waals surface area contributed by atoms with Gasteiger partial charge in [-0.05, 0) is 63.6 Å². The highest BCUT2D eigenvalue weighted by molar-refractivity contribution is 7.99. The van der Waals surface area contributed by atoms with Gasteiger partial charge in [0.2, 0.25) is 0 Å². The fourth-order valence-electron chi connectivity index (χ4n) is 3.32. The Morgan fingerprint density at radius 2 is 1.77 bits per heavy atom. The number of amides is 1. The van der Waals surface area contributed by atoms with Crippen molar-refractivity contribution in [3.63, 3.8) is 0 Å². The lowest BCUT2D eigenvalue weighted by Crippen LogP contribution is -2.40. The van der Waals surface area contributed by atoms with Gasteiger partial charge >= 0.3 is 0 Å². The van der Waals surface area contributed by atoms with E-state index in [4.69, 9.17) is 0 Å². The number of carbonyl (C=O) groups is 1. The number of aromatic nitrogens is 3. The van der Waals surface area contributed by atoms with Crippen molar-refractivity contribution in [1.82, 2.24) is 20.3 Å². The number of hydrogen-bond acceptors (Lipinski definition) is 5. The first-order chi connectivity index (χ1) is 12.5. The zero-order chi connectivity index (χ0) is 18.7. The van der Waals surface area contributed by atoms with Crippen molar-refractivity contribution in [3.8, 4) is 0 Å². The maximum Gasteiger partial charge on any atom is 0.261 e. The predicted molar refractivity (Wildman–Crippen MR) is 103 cm³/mol. The van der Waals surface area contributed by atoms with Gasteiger partial charge in [0.05, 0.1) is 0 Å². The van der Waals surface area contributed by atoms with Crippen LogP contribution >= 0.6 is 11.8 Å². The van der Waals surface area contributed by atoms with Crippen molar-refractivity contribution in [2.24, 2.45) is 0 Å². The van der Waals surface area contributed by atoms with Crippen molar-refractivity contribution in [2.75, 3.05) is 0 Å². The first kappa shape index (κ1) is 18.6. The summed E-state index contributed by atoms with van der Waals surface area (Å²) in [5.41, 5.74) is 2.45. The van der Waals surface area contributed by atoms with E-state index in [0.717, 1.165) is 47.7 Å². The standard InChI is InChI=1S/C19H24N4O2S/c1-11-12(2)16(17(24)22-13(11)3)18(25)23-14-5-7-15(8-6-14)26-19-20-9-4-10-21-19/h4,9-10,14-15H,5-8H2,1-3H3,(H,22,24)(H,23,25). The van der Waals surface area contributed by atoms with E-state index >= 15 is 0 Å². The molecule has 0 spiro atoms. The van der Waals surface area contributed by atoms with Crippen LogP contribution in [-0.4, -0.2) is 32.2 Å². The Morgan fingerprint density at radius 3 is 2.42 bits per heavy atom. The summed E-state index contributed by atoms with van der Waals surface area (Å²) in [4.78, 5) is 36.1. The number of hydrogen-bond donors (Lipinski definition) is 2. The fraction of sp³-hybridized carbons (Fsp3) is 0.474. The van der Waals surface area contributed by atoms with Crippen molar-refractivity contribution >= 4 is 17.7 Å². The van der Waals surface area contributed by atoms with Gasteiger partial charge in [-0.25, -0.2) is 9.97 Å². The summed E-state index contributed by atoms with van der Waals surface area (Å²) in [6.45, 7) is 5.60. The van der Waals surface area contributed by atoms with Crippen LogP contribution in [0.1, 0.15) is 52.9 Å². The maximum atomic E-state index is 12.6. The Morgan fingerprint density at radius 1 is 1.12 bits per heavy atom. The van der Waals surface area contributed by atoms with E-state index in [1.165, 1.54) is 0 Å². The van der Waals surface area contributed by atoms with Gasteiger partial charge < -0.3 is 10.3 Å². The molecule has 138 valence electrons. The molecule has 1 aliphatic carbocycles. The molecule has 2 aromatic heterocycles. The number of thioether (sulfide) groups is 1. The van der Waals surface area contributed by atoms with Crippen LogP contribution in [0, 0.1) is 20.8 Å². The monoisotopic (exact) mass is 372 g/mol. The molecule has 1 saturated carbocycles. The summed E-state index contributed by atoms with van der Waals surface area (Å²) in [6.07, 6.45) is 7.30. The van der Waals surface area contributed by atoms with Crippen molar-refractivity contribution in [1.29, 1.82) is 0 Å². The summed E-state index contributed by atoms with van der Waals surface area (Å²) < 4.78 is 0. The Hall–Kier alpha value is -2.15. The molecule has 2 aromatic rings. The van der Waals surface area contributed by atoms with Crippen molar-refractivity contribution in [2.45, 2.75) is 62.9 Å². The Bertz CT molecular complexity index is 843. The molecule has 0 aliphatic heterocycles. The normalized spacial score (nSPS) is 20.0. The summed E-state index contributed by atoms with van der Waals surface area (Å²) in [7, 11) is 0. The summed E-state index contributed by atoms with van der Waals surface area (Å²) in [5.74, 6) is -0.269. The SMILES string of the molecule is Cc1[nH]c(=O)c(C(=O)NC2CCC(Sc3ncccn3)CC2)c(C)c1C. The largest absolute Gasteiger partial charge is 0.349 e. The Kier molecular flexibility index (Phi) is 5.76. The summed E-state index contributed by atoms with van der Waals surface area (Å²) >= 11 is 1.70.